The highest BCUT2D eigenvalue weighted by molar-refractivity contribution is 5.95. The van der Waals surface area contributed by atoms with Crippen molar-refractivity contribution < 1.29 is 4.79 Å². The first-order valence-electron chi connectivity index (χ1n) is 4.96. The highest BCUT2D eigenvalue weighted by Gasteiger charge is 2.26. The molecule has 1 aromatic carbocycles. The van der Waals surface area contributed by atoms with Gasteiger partial charge in [-0.25, -0.2) is 0 Å². The normalized spacial score (nSPS) is 15.3. The van der Waals surface area contributed by atoms with Gasteiger partial charge < -0.3 is 5.32 Å². The Balaban J connectivity index is 2.40. The Morgan fingerprint density at radius 2 is 2.21 bits per heavy atom. The van der Waals surface area contributed by atoms with Crippen molar-refractivity contribution in [3.05, 3.63) is 34.9 Å². The molecule has 73 valence electrons. The minimum atomic E-state index is -0.0127. The first-order chi connectivity index (χ1) is 6.74. The minimum absolute atomic E-state index is 0.0127. The van der Waals surface area contributed by atoms with Crippen LogP contribution < -0.4 is 5.32 Å². The first-order valence-corrected chi connectivity index (χ1v) is 4.96. The summed E-state index contributed by atoms with van der Waals surface area (Å²) in [4.78, 5) is 11.5. The van der Waals surface area contributed by atoms with Crippen molar-refractivity contribution in [2.45, 2.75) is 25.7 Å². The van der Waals surface area contributed by atoms with Crippen LogP contribution in [0.25, 0.3) is 0 Å². The zero-order chi connectivity index (χ0) is 10.1. The Kier molecular flexibility index (Phi) is 2.28. The maximum atomic E-state index is 11.5. The lowest BCUT2D eigenvalue weighted by atomic mass is 9.99. The van der Waals surface area contributed by atoms with Gasteiger partial charge in [0.2, 0.25) is 0 Å². The molecular weight excluding hydrogens is 174 g/mol. The zero-order valence-corrected chi connectivity index (χ0v) is 8.55. The number of carbonyl (C=O) groups is 1. The van der Waals surface area contributed by atoms with Crippen molar-refractivity contribution in [3.8, 4) is 0 Å². The number of nitrogens with one attached hydrogen (secondary N) is 1. The van der Waals surface area contributed by atoms with Gasteiger partial charge in [-0.2, -0.15) is 0 Å². The van der Waals surface area contributed by atoms with E-state index in [1.165, 1.54) is 18.4 Å². The van der Waals surface area contributed by atoms with Crippen LogP contribution in [0.2, 0.25) is 0 Å². The Hall–Kier alpha value is -1.31. The molecule has 2 nitrogen and oxygen atoms in total. The van der Waals surface area contributed by atoms with E-state index in [0.29, 0.717) is 5.92 Å². The molecule has 0 atom stereocenters. The lowest BCUT2D eigenvalue weighted by Gasteiger charge is -2.08. The van der Waals surface area contributed by atoms with Gasteiger partial charge in [0.25, 0.3) is 5.91 Å². The zero-order valence-electron chi connectivity index (χ0n) is 8.55. The van der Waals surface area contributed by atoms with Gasteiger partial charge in [0.1, 0.15) is 0 Å². The maximum absolute atomic E-state index is 11.5. The van der Waals surface area contributed by atoms with Crippen molar-refractivity contribution >= 4 is 5.91 Å². The van der Waals surface area contributed by atoms with E-state index >= 15 is 0 Å². The summed E-state index contributed by atoms with van der Waals surface area (Å²) >= 11 is 0. The Bertz CT molecular complexity index is 367. The maximum Gasteiger partial charge on any atom is 0.251 e. The third kappa shape index (κ3) is 1.52. The van der Waals surface area contributed by atoms with Crippen LogP contribution in [0.1, 0.15) is 40.2 Å². The largest absolute Gasteiger partial charge is 0.355 e. The van der Waals surface area contributed by atoms with Crippen LogP contribution in [0, 0.1) is 13.0 Å². The molecule has 1 fully saturated rings. The molecule has 0 saturated heterocycles. The Morgan fingerprint density at radius 1 is 1.50 bits per heavy atom. The summed E-state index contributed by atoms with van der Waals surface area (Å²) in [6.07, 6.45) is 2.51. The van der Waals surface area contributed by atoms with Gasteiger partial charge in [0, 0.05) is 12.6 Å². The molecule has 0 heterocycles. The molecule has 14 heavy (non-hydrogen) atoms. The second kappa shape index (κ2) is 3.45. The molecular formula is C12H14NO. The van der Waals surface area contributed by atoms with Crippen LogP contribution in [-0.2, 0) is 0 Å². The van der Waals surface area contributed by atoms with E-state index in [0.717, 1.165) is 11.1 Å². The molecule has 0 unspecified atom stereocenters. The molecule has 2 heteroatoms. The van der Waals surface area contributed by atoms with Crippen molar-refractivity contribution in [3.63, 3.8) is 0 Å². The molecule has 1 N–H and O–H groups in total. The summed E-state index contributed by atoms with van der Waals surface area (Å²) in [7, 11) is 1.66. The predicted molar refractivity (Wildman–Crippen MR) is 55.4 cm³/mol. The van der Waals surface area contributed by atoms with E-state index in [1.807, 2.05) is 13.0 Å². The fourth-order valence-corrected chi connectivity index (χ4v) is 1.78. The lowest BCUT2D eigenvalue weighted by Crippen LogP contribution is -2.19. The third-order valence-electron chi connectivity index (χ3n) is 2.79. The second-order valence-electron chi connectivity index (χ2n) is 3.80. The van der Waals surface area contributed by atoms with Gasteiger partial charge >= 0.3 is 0 Å². The van der Waals surface area contributed by atoms with Gasteiger partial charge in [-0.3, -0.25) is 4.79 Å². The molecule has 1 aliphatic carbocycles. The highest BCUT2D eigenvalue weighted by atomic mass is 16.1. The van der Waals surface area contributed by atoms with E-state index in [9.17, 15) is 4.79 Å². The van der Waals surface area contributed by atoms with E-state index in [-0.39, 0.29) is 5.91 Å². The molecule has 1 aromatic rings. The SMILES string of the molecule is CNC(=O)c1c[c]cc(C2CC2)c1C. The van der Waals surface area contributed by atoms with Gasteiger partial charge in [0.05, 0.1) is 0 Å². The molecule has 2 rings (SSSR count). The van der Waals surface area contributed by atoms with Crippen LogP contribution in [0.15, 0.2) is 12.1 Å². The molecule has 0 aromatic heterocycles. The van der Waals surface area contributed by atoms with E-state index < -0.39 is 0 Å². The summed E-state index contributed by atoms with van der Waals surface area (Å²) in [6, 6.07) is 6.82. The predicted octanol–water partition coefficient (Wildman–Crippen LogP) is 2.03. The lowest BCUT2D eigenvalue weighted by molar-refractivity contribution is 0.0962. The number of benzene rings is 1. The van der Waals surface area contributed by atoms with Crippen LogP contribution in [-0.4, -0.2) is 13.0 Å². The monoisotopic (exact) mass is 188 g/mol. The number of rotatable bonds is 2. The molecule has 1 saturated carbocycles. The topological polar surface area (TPSA) is 29.1 Å². The van der Waals surface area contributed by atoms with Crippen LogP contribution in [0.4, 0.5) is 0 Å². The smallest absolute Gasteiger partial charge is 0.251 e. The van der Waals surface area contributed by atoms with Crippen molar-refractivity contribution in [2.75, 3.05) is 7.05 Å². The van der Waals surface area contributed by atoms with Crippen molar-refractivity contribution in [1.29, 1.82) is 0 Å². The number of carbonyl (C=O) groups excluding carboxylic acids is 1. The summed E-state index contributed by atoms with van der Waals surface area (Å²) in [5, 5.41) is 2.65. The molecule has 0 bridgehead atoms. The molecule has 1 radical (unpaired) electrons. The summed E-state index contributed by atoms with van der Waals surface area (Å²) in [5.41, 5.74) is 3.17. The fourth-order valence-electron chi connectivity index (χ4n) is 1.78. The minimum Gasteiger partial charge on any atom is -0.355 e. The van der Waals surface area contributed by atoms with Gasteiger partial charge in [0.15, 0.2) is 0 Å². The van der Waals surface area contributed by atoms with Crippen LogP contribution in [0.5, 0.6) is 0 Å². The summed E-state index contributed by atoms with van der Waals surface area (Å²) < 4.78 is 0. The van der Waals surface area contributed by atoms with Crippen LogP contribution >= 0.6 is 0 Å². The third-order valence-corrected chi connectivity index (χ3v) is 2.79. The van der Waals surface area contributed by atoms with E-state index in [4.69, 9.17) is 0 Å². The standard InChI is InChI=1S/C12H14NO/c1-8-10(9-6-7-9)4-3-5-11(8)12(14)13-2/h4-5,9H,6-7H2,1-2H3,(H,13,14). The van der Waals surface area contributed by atoms with Gasteiger partial charge in [-0.15, -0.1) is 0 Å². The van der Waals surface area contributed by atoms with E-state index in [2.05, 4.69) is 11.4 Å². The number of hydrogen-bond acceptors (Lipinski definition) is 1. The number of hydrogen-bond donors (Lipinski definition) is 1. The first kappa shape index (κ1) is 9.25. The van der Waals surface area contributed by atoms with Gasteiger partial charge in [-0.1, -0.05) is 6.07 Å². The van der Waals surface area contributed by atoms with Crippen molar-refractivity contribution in [1.82, 2.24) is 5.32 Å². The average molecular weight is 188 g/mol. The van der Waals surface area contributed by atoms with Crippen LogP contribution in [0.3, 0.4) is 0 Å². The van der Waals surface area contributed by atoms with E-state index in [1.54, 1.807) is 13.1 Å². The quantitative estimate of drug-likeness (QED) is 0.756. The Labute approximate surface area is 84.3 Å². The van der Waals surface area contributed by atoms with Gasteiger partial charge in [-0.05, 0) is 48.9 Å². The Morgan fingerprint density at radius 3 is 2.79 bits per heavy atom. The molecule has 0 spiro atoms. The van der Waals surface area contributed by atoms with Crippen molar-refractivity contribution in [2.24, 2.45) is 0 Å². The summed E-state index contributed by atoms with van der Waals surface area (Å²) in [6.45, 7) is 2.02. The highest BCUT2D eigenvalue weighted by Crippen LogP contribution is 2.41. The fraction of sp³-hybridized carbons (Fsp3) is 0.417. The number of amides is 1. The second-order valence-corrected chi connectivity index (χ2v) is 3.80. The average Bonchev–Trinajstić information content (AvgIpc) is 3.01. The molecule has 1 aliphatic rings. The summed E-state index contributed by atoms with van der Waals surface area (Å²) in [5.74, 6) is 0.664. The molecule has 0 aliphatic heterocycles. The molecule has 1 amide bonds.